The third-order valence-electron chi connectivity index (χ3n) is 3.78. The number of aromatic amines is 1. The first-order valence-corrected chi connectivity index (χ1v) is 8.71. The molecule has 9 heteroatoms. The normalized spacial score (nSPS) is 11.1. The minimum atomic E-state index is -0.437. The largest absolute Gasteiger partial charge is 0.493 e. The van der Waals surface area contributed by atoms with Crippen molar-refractivity contribution < 1.29 is 13.9 Å². The first-order valence-electron chi connectivity index (χ1n) is 7.92. The van der Waals surface area contributed by atoms with Crippen LogP contribution in [-0.2, 0) is 6.61 Å². The lowest BCUT2D eigenvalue weighted by molar-refractivity contribution is 0.279. The Morgan fingerprint density at radius 1 is 1.33 bits per heavy atom. The van der Waals surface area contributed by atoms with E-state index in [4.69, 9.17) is 33.3 Å². The fourth-order valence-corrected chi connectivity index (χ4v) is 2.83. The predicted octanol–water partition coefficient (Wildman–Crippen LogP) is 4.51. The summed E-state index contributed by atoms with van der Waals surface area (Å²) in [6.45, 7) is 1.71. The van der Waals surface area contributed by atoms with Gasteiger partial charge in [0.25, 0.3) is 0 Å². The number of hydrogen-bond donors (Lipinski definition) is 1. The Balaban J connectivity index is 1.93. The standard InChI is InChI=1S/C18H16ClFN4O2S/c1-11-22-23-18(27)24(11)21-9-12-5-3-8-16(25-2)17(12)26-10-13-14(19)6-4-7-15(13)20/h3-9H,10H2,1-2H3,(H,23,27)/b21-9+. The Kier molecular flexibility index (Phi) is 5.88. The van der Waals surface area contributed by atoms with E-state index in [1.54, 1.807) is 43.5 Å². The highest BCUT2D eigenvalue weighted by Gasteiger charge is 2.13. The molecule has 0 saturated carbocycles. The molecular weight excluding hydrogens is 391 g/mol. The molecule has 0 aliphatic carbocycles. The molecule has 0 aliphatic rings. The molecule has 0 spiro atoms. The summed E-state index contributed by atoms with van der Waals surface area (Å²) in [5, 5.41) is 11.3. The van der Waals surface area contributed by atoms with Gasteiger partial charge in [-0.15, -0.1) is 0 Å². The molecule has 0 bridgehead atoms. The number of aryl methyl sites for hydroxylation is 1. The molecule has 1 aromatic heterocycles. The fourth-order valence-electron chi connectivity index (χ4n) is 2.39. The van der Waals surface area contributed by atoms with Crippen molar-refractivity contribution in [1.29, 1.82) is 0 Å². The zero-order chi connectivity index (χ0) is 19.4. The average molecular weight is 407 g/mol. The summed E-state index contributed by atoms with van der Waals surface area (Å²) in [7, 11) is 1.52. The summed E-state index contributed by atoms with van der Waals surface area (Å²) >= 11 is 11.2. The molecule has 1 heterocycles. The minimum absolute atomic E-state index is 0.0586. The van der Waals surface area contributed by atoms with Gasteiger partial charge in [-0.3, -0.25) is 5.10 Å². The lowest BCUT2D eigenvalue weighted by Gasteiger charge is -2.14. The zero-order valence-corrected chi connectivity index (χ0v) is 16.1. The third kappa shape index (κ3) is 4.17. The molecular formula is C18H16ClFN4O2S. The minimum Gasteiger partial charge on any atom is -0.493 e. The Hall–Kier alpha value is -2.71. The SMILES string of the molecule is COc1cccc(/C=N/n2c(C)n[nH]c2=S)c1OCc1c(F)cccc1Cl. The zero-order valence-electron chi connectivity index (χ0n) is 14.6. The molecule has 0 saturated heterocycles. The number of rotatable bonds is 6. The van der Waals surface area contributed by atoms with Crippen molar-refractivity contribution in [2.75, 3.05) is 7.11 Å². The van der Waals surface area contributed by atoms with E-state index in [0.29, 0.717) is 32.7 Å². The van der Waals surface area contributed by atoms with Crippen LogP contribution < -0.4 is 9.47 Å². The van der Waals surface area contributed by atoms with Crippen LogP contribution in [0.2, 0.25) is 5.02 Å². The Morgan fingerprint density at radius 3 is 2.78 bits per heavy atom. The first kappa shape index (κ1) is 19.1. The monoisotopic (exact) mass is 406 g/mol. The first-order chi connectivity index (χ1) is 13.0. The van der Waals surface area contributed by atoms with Crippen molar-refractivity contribution in [1.82, 2.24) is 14.9 Å². The molecule has 3 aromatic rings. The maximum Gasteiger partial charge on any atom is 0.216 e. The number of H-pyrrole nitrogens is 1. The number of ether oxygens (including phenoxy) is 2. The van der Waals surface area contributed by atoms with Crippen LogP contribution >= 0.6 is 23.8 Å². The predicted molar refractivity (Wildman–Crippen MR) is 104 cm³/mol. The van der Waals surface area contributed by atoms with E-state index in [1.807, 2.05) is 0 Å². The molecule has 0 unspecified atom stereocenters. The van der Waals surface area contributed by atoms with E-state index in [1.165, 1.54) is 17.9 Å². The van der Waals surface area contributed by atoms with Gasteiger partial charge < -0.3 is 9.47 Å². The smallest absolute Gasteiger partial charge is 0.216 e. The summed E-state index contributed by atoms with van der Waals surface area (Å²) in [4.78, 5) is 0. The van der Waals surface area contributed by atoms with E-state index < -0.39 is 5.82 Å². The number of nitrogens with one attached hydrogen (secondary N) is 1. The molecule has 3 rings (SSSR count). The van der Waals surface area contributed by atoms with E-state index in [0.717, 1.165) is 0 Å². The van der Waals surface area contributed by atoms with Crippen molar-refractivity contribution in [3.8, 4) is 11.5 Å². The summed E-state index contributed by atoms with van der Waals surface area (Å²) in [5.41, 5.74) is 0.894. The number of halogens is 2. The van der Waals surface area contributed by atoms with E-state index >= 15 is 0 Å². The molecule has 2 aromatic carbocycles. The van der Waals surface area contributed by atoms with Crippen LogP contribution in [0.1, 0.15) is 17.0 Å². The van der Waals surface area contributed by atoms with Crippen LogP contribution in [0.15, 0.2) is 41.5 Å². The second-order valence-corrected chi connectivity index (χ2v) is 6.29. The second-order valence-electron chi connectivity index (χ2n) is 5.50. The van der Waals surface area contributed by atoms with Crippen molar-refractivity contribution in [3.05, 3.63) is 69.0 Å². The van der Waals surface area contributed by atoms with Gasteiger partial charge in [0.05, 0.1) is 18.3 Å². The average Bonchev–Trinajstić information content (AvgIpc) is 2.97. The number of aromatic nitrogens is 3. The molecule has 1 N–H and O–H groups in total. The number of para-hydroxylation sites is 1. The summed E-state index contributed by atoms with van der Waals surface area (Å²) in [6.07, 6.45) is 1.57. The highest BCUT2D eigenvalue weighted by Crippen LogP contribution is 2.32. The van der Waals surface area contributed by atoms with E-state index in [9.17, 15) is 4.39 Å². The van der Waals surface area contributed by atoms with Gasteiger partial charge in [0.1, 0.15) is 18.2 Å². The van der Waals surface area contributed by atoms with Gasteiger partial charge in [-0.1, -0.05) is 23.7 Å². The number of hydrogen-bond acceptors (Lipinski definition) is 5. The highest BCUT2D eigenvalue weighted by molar-refractivity contribution is 7.71. The van der Waals surface area contributed by atoms with Gasteiger partial charge in [-0.05, 0) is 43.4 Å². The Bertz CT molecular complexity index is 1030. The molecule has 0 radical (unpaired) electrons. The highest BCUT2D eigenvalue weighted by atomic mass is 35.5. The quantitative estimate of drug-likeness (QED) is 0.483. The maximum atomic E-state index is 14.0. The van der Waals surface area contributed by atoms with Crippen LogP contribution in [-0.4, -0.2) is 28.2 Å². The summed E-state index contributed by atoms with van der Waals surface area (Å²) in [5.74, 6) is 1.07. The topological polar surface area (TPSA) is 64.4 Å². The van der Waals surface area contributed by atoms with E-state index in [2.05, 4.69) is 15.3 Å². The lowest BCUT2D eigenvalue weighted by atomic mass is 10.2. The molecule has 0 aliphatic heterocycles. The lowest BCUT2D eigenvalue weighted by Crippen LogP contribution is -2.04. The van der Waals surface area contributed by atoms with Gasteiger partial charge in [0.15, 0.2) is 11.5 Å². The van der Waals surface area contributed by atoms with Crippen LogP contribution in [0.5, 0.6) is 11.5 Å². The van der Waals surface area contributed by atoms with Gasteiger partial charge >= 0.3 is 0 Å². The molecule has 0 fully saturated rings. The summed E-state index contributed by atoms with van der Waals surface area (Å²) in [6, 6.07) is 9.81. The second kappa shape index (κ2) is 8.32. The van der Waals surface area contributed by atoms with Crippen molar-refractivity contribution in [3.63, 3.8) is 0 Å². The van der Waals surface area contributed by atoms with Crippen molar-refractivity contribution in [2.45, 2.75) is 13.5 Å². The molecule has 6 nitrogen and oxygen atoms in total. The van der Waals surface area contributed by atoms with Crippen molar-refractivity contribution >= 4 is 30.0 Å². The van der Waals surface area contributed by atoms with Crippen LogP contribution in [0.4, 0.5) is 4.39 Å². The van der Waals surface area contributed by atoms with Crippen LogP contribution in [0, 0.1) is 17.5 Å². The Labute approximate surface area is 165 Å². The number of methoxy groups -OCH3 is 1. The third-order valence-corrected chi connectivity index (χ3v) is 4.39. The number of benzene rings is 2. The van der Waals surface area contributed by atoms with Gasteiger partial charge in [-0.25, -0.2) is 4.39 Å². The molecule has 27 heavy (non-hydrogen) atoms. The van der Waals surface area contributed by atoms with Crippen LogP contribution in [0.25, 0.3) is 0 Å². The van der Waals surface area contributed by atoms with Crippen LogP contribution in [0.3, 0.4) is 0 Å². The Morgan fingerprint density at radius 2 is 2.11 bits per heavy atom. The summed E-state index contributed by atoms with van der Waals surface area (Å²) < 4.78 is 27.1. The fraction of sp³-hybridized carbons (Fsp3) is 0.167. The number of nitrogens with zero attached hydrogens (tertiary/aromatic N) is 3. The van der Waals surface area contributed by atoms with Gasteiger partial charge in [-0.2, -0.15) is 14.9 Å². The van der Waals surface area contributed by atoms with Crippen molar-refractivity contribution in [2.24, 2.45) is 5.10 Å². The molecule has 0 amide bonds. The van der Waals surface area contributed by atoms with E-state index in [-0.39, 0.29) is 12.2 Å². The molecule has 0 atom stereocenters. The maximum absolute atomic E-state index is 14.0. The van der Waals surface area contributed by atoms with Gasteiger partial charge in [0.2, 0.25) is 4.77 Å². The molecule has 140 valence electrons. The van der Waals surface area contributed by atoms with Gasteiger partial charge in [0, 0.05) is 11.1 Å².